The number of hydrogen-bond acceptors (Lipinski definition) is 5. The summed E-state index contributed by atoms with van der Waals surface area (Å²) >= 11 is 0. The van der Waals surface area contributed by atoms with E-state index in [1.165, 1.54) is 0 Å². The van der Waals surface area contributed by atoms with Gasteiger partial charge in [-0.05, 0) is 45.4 Å². The van der Waals surface area contributed by atoms with Crippen LogP contribution in [0, 0.1) is 12.8 Å². The Labute approximate surface area is 159 Å². The first kappa shape index (κ1) is 18.2. The third-order valence-corrected chi connectivity index (χ3v) is 5.96. The van der Waals surface area contributed by atoms with Crippen LogP contribution in [0.4, 0.5) is 0 Å². The molecule has 1 saturated heterocycles. The maximum atomic E-state index is 13.3. The molecular weight excluding hydrogens is 344 g/mol. The highest BCUT2D eigenvalue weighted by molar-refractivity contribution is 5.80. The molecule has 3 heterocycles. The smallest absolute Gasteiger partial charge is 0.226 e. The van der Waals surface area contributed by atoms with Crippen molar-refractivity contribution in [3.8, 4) is 11.3 Å². The maximum absolute atomic E-state index is 13.3. The van der Waals surface area contributed by atoms with Gasteiger partial charge in [0.25, 0.3) is 0 Å². The van der Waals surface area contributed by atoms with Crippen LogP contribution in [0.1, 0.15) is 56.0 Å². The number of nitrogens with zero attached hydrogens (tertiary/aromatic N) is 4. The molecule has 1 saturated carbocycles. The van der Waals surface area contributed by atoms with E-state index in [0.717, 1.165) is 67.8 Å². The quantitative estimate of drug-likeness (QED) is 0.824. The Balaban J connectivity index is 1.56. The van der Waals surface area contributed by atoms with Crippen molar-refractivity contribution >= 4 is 5.91 Å². The molecule has 0 N–H and O–H groups in total. The predicted molar refractivity (Wildman–Crippen MR) is 99.9 cm³/mol. The summed E-state index contributed by atoms with van der Waals surface area (Å²) in [6, 6.07) is 1.94. The van der Waals surface area contributed by atoms with Crippen LogP contribution in [0.2, 0.25) is 0 Å². The molecule has 7 heteroatoms. The highest BCUT2D eigenvalue weighted by Crippen LogP contribution is 2.39. The average Bonchev–Trinajstić information content (AvgIpc) is 3.40. The summed E-state index contributed by atoms with van der Waals surface area (Å²) in [5, 5.41) is 8.70. The minimum atomic E-state index is 0.0132. The Morgan fingerprint density at radius 2 is 2.04 bits per heavy atom. The highest BCUT2D eigenvalue weighted by atomic mass is 16.5. The molecule has 0 unspecified atom stereocenters. The fraction of sp³-hybridized carbons (Fsp3) is 0.650. The second-order valence-corrected chi connectivity index (χ2v) is 7.83. The van der Waals surface area contributed by atoms with Gasteiger partial charge in [-0.15, -0.1) is 0 Å². The third-order valence-electron chi connectivity index (χ3n) is 5.96. The van der Waals surface area contributed by atoms with Crippen LogP contribution in [0.25, 0.3) is 11.3 Å². The summed E-state index contributed by atoms with van der Waals surface area (Å²) in [5.74, 6) is 1.10. The molecule has 1 aliphatic carbocycles. The average molecular weight is 372 g/mol. The van der Waals surface area contributed by atoms with E-state index in [1.54, 1.807) is 11.8 Å². The van der Waals surface area contributed by atoms with Gasteiger partial charge in [0.1, 0.15) is 0 Å². The van der Waals surface area contributed by atoms with Gasteiger partial charge in [0.2, 0.25) is 5.91 Å². The molecule has 0 bridgehead atoms. The lowest BCUT2D eigenvalue weighted by Crippen LogP contribution is -2.38. The number of amides is 1. The van der Waals surface area contributed by atoms with Crippen molar-refractivity contribution in [2.45, 2.75) is 57.6 Å². The molecule has 2 fully saturated rings. The van der Waals surface area contributed by atoms with E-state index in [4.69, 9.17) is 14.4 Å². The molecule has 0 radical (unpaired) electrons. The second kappa shape index (κ2) is 7.46. The lowest BCUT2D eigenvalue weighted by atomic mass is 9.86. The Hall–Kier alpha value is -2.15. The fourth-order valence-corrected chi connectivity index (χ4v) is 4.53. The minimum absolute atomic E-state index is 0.0132. The van der Waals surface area contributed by atoms with Crippen molar-refractivity contribution in [1.29, 1.82) is 0 Å². The van der Waals surface area contributed by atoms with Crippen LogP contribution in [0.3, 0.4) is 0 Å². The number of likely N-dealkylation sites (tertiary alicyclic amines) is 1. The molecular formula is C20H28N4O3. The first-order valence-corrected chi connectivity index (χ1v) is 9.87. The molecule has 2 aliphatic rings. The molecule has 2 aromatic rings. The van der Waals surface area contributed by atoms with E-state index in [1.807, 2.05) is 31.1 Å². The van der Waals surface area contributed by atoms with Crippen molar-refractivity contribution < 1.29 is 14.1 Å². The molecule has 146 valence electrons. The van der Waals surface area contributed by atoms with E-state index in [2.05, 4.69) is 5.16 Å². The fourth-order valence-electron chi connectivity index (χ4n) is 4.53. The predicted octanol–water partition coefficient (Wildman–Crippen LogP) is 3.25. The van der Waals surface area contributed by atoms with Crippen molar-refractivity contribution in [2.75, 3.05) is 13.7 Å². The Kier molecular flexibility index (Phi) is 5.04. The molecule has 0 spiro atoms. The zero-order chi connectivity index (χ0) is 19.0. The largest absolute Gasteiger partial charge is 0.381 e. The van der Waals surface area contributed by atoms with E-state index in [-0.39, 0.29) is 17.9 Å². The number of methoxy groups -OCH3 is 1. The molecule has 2 aromatic heterocycles. The van der Waals surface area contributed by atoms with Gasteiger partial charge in [-0.2, -0.15) is 5.10 Å². The summed E-state index contributed by atoms with van der Waals surface area (Å²) in [5.41, 5.74) is 2.70. The number of rotatable bonds is 4. The zero-order valence-electron chi connectivity index (χ0n) is 16.4. The second-order valence-electron chi connectivity index (χ2n) is 7.83. The monoisotopic (exact) mass is 372 g/mol. The van der Waals surface area contributed by atoms with E-state index < -0.39 is 0 Å². The molecule has 27 heavy (non-hydrogen) atoms. The van der Waals surface area contributed by atoms with Gasteiger partial charge in [0.05, 0.1) is 29.1 Å². The minimum Gasteiger partial charge on any atom is -0.381 e. The van der Waals surface area contributed by atoms with Crippen molar-refractivity contribution in [3.05, 3.63) is 23.7 Å². The Morgan fingerprint density at radius 1 is 1.26 bits per heavy atom. The van der Waals surface area contributed by atoms with Crippen LogP contribution in [-0.4, -0.2) is 45.5 Å². The Bertz CT molecular complexity index is 804. The molecule has 1 atom stereocenters. The number of aromatic nitrogens is 3. The molecule has 4 rings (SSSR count). The molecule has 0 aromatic carbocycles. The standard InChI is InChI=1S/C20H28N4O3/c1-13-11-18(27-22-13)16-12-23(2)21-19(16)17-5-4-10-24(17)20(25)14-6-8-15(26-3)9-7-14/h11-12,14-15,17H,4-10H2,1-3H3/t14?,15?,17-/m1/s1. The summed E-state index contributed by atoms with van der Waals surface area (Å²) in [4.78, 5) is 15.3. The van der Waals surface area contributed by atoms with Gasteiger partial charge in [-0.25, -0.2) is 0 Å². The number of carbonyl (C=O) groups is 1. The van der Waals surface area contributed by atoms with E-state index in [9.17, 15) is 4.79 Å². The molecule has 7 nitrogen and oxygen atoms in total. The van der Waals surface area contributed by atoms with Crippen LogP contribution in [0.15, 0.2) is 16.8 Å². The third kappa shape index (κ3) is 3.52. The van der Waals surface area contributed by atoms with Gasteiger partial charge in [0.15, 0.2) is 5.76 Å². The molecule has 1 aliphatic heterocycles. The van der Waals surface area contributed by atoms with Crippen molar-refractivity contribution in [2.24, 2.45) is 13.0 Å². The van der Waals surface area contributed by atoms with Crippen molar-refractivity contribution in [1.82, 2.24) is 19.8 Å². The zero-order valence-corrected chi connectivity index (χ0v) is 16.4. The normalized spacial score (nSPS) is 25.9. The lowest BCUT2D eigenvalue weighted by molar-refractivity contribution is -0.138. The number of carbonyl (C=O) groups excluding carboxylic acids is 1. The van der Waals surface area contributed by atoms with Crippen LogP contribution in [-0.2, 0) is 16.6 Å². The Morgan fingerprint density at radius 3 is 2.70 bits per heavy atom. The number of aryl methyl sites for hydroxylation is 2. The van der Waals surface area contributed by atoms with Gasteiger partial charge in [-0.1, -0.05) is 5.16 Å². The van der Waals surface area contributed by atoms with Gasteiger partial charge < -0.3 is 14.2 Å². The van der Waals surface area contributed by atoms with Crippen LogP contribution in [0.5, 0.6) is 0 Å². The topological polar surface area (TPSA) is 73.4 Å². The van der Waals surface area contributed by atoms with Crippen LogP contribution < -0.4 is 0 Å². The van der Waals surface area contributed by atoms with Gasteiger partial charge in [-0.3, -0.25) is 9.48 Å². The summed E-state index contributed by atoms with van der Waals surface area (Å²) in [6.07, 6.45) is 7.98. The van der Waals surface area contributed by atoms with Gasteiger partial charge in [0, 0.05) is 38.9 Å². The maximum Gasteiger partial charge on any atom is 0.226 e. The molecule has 1 amide bonds. The lowest BCUT2D eigenvalue weighted by Gasteiger charge is -2.32. The number of ether oxygens (including phenoxy) is 1. The van der Waals surface area contributed by atoms with E-state index >= 15 is 0 Å². The van der Waals surface area contributed by atoms with Crippen LogP contribution >= 0.6 is 0 Å². The summed E-state index contributed by atoms with van der Waals surface area (Å²) in [6.45, 7) is 2.71. The number of hydrogen-bond donors (Lipinski definition) is 0. The SMILES string of the molecule is COC1CCC(C(=O)N2CCC[C@@H]2c2nn(C)cc2-c2cc(C)no2)CC1. The summed E-state index contributed by atoms with van der Waals surface area (Å²) in [7, 11) is 3.67. The summed E-state index contributed by atoms with van der Waals surface area (Å²) < 4.78 is 12.7. The van der Waals surface area contributed by atoms with Gasteiger partial charge >= 0.3 is 0 Å². The highest BCUT2D eigenvalue weighted by Gasteiger charge is 2.38. The van der Waals surface area contributed by atoms with Crippen molar-refractivity contribution in [3.63, 3.8) is 0 Å². The van der Waals surface area contributed by atoms with E-state index in [0.29, 0.717) is 6.10 Å². The first-order valence-electron chi connectivity index (χ1n) is 9.87. The first-order chi connectivity index (χ1) is 13.1.